The lowest BCUT2D eigenvalue weighted by Gasteiger charge is -2.08. The molecule has 32 heavy (non-hydrogen) atoms. The quantitative estimate of drug-likeness (QED) is 0.275. The van der Waals surface area contributed by atoms with Crippen molar-refractivity contribution in [2.24, 2.45) is 0 Å². The molecule has 0 saturated heterocycles. The number of nitrogens with zero attached hydrogens (tertiary/aromatic N) is 2. The topological polar surface area (TPSA) is 74.9 Å². The number of ether oxygens (including phenoxy) is 1. The number of hydrogen-bond donors (Lipinski definition) is 3. The summed E-state index contributed by atoms with van der Waals surface area (Å²) in [6.07, 6.45) is 7.45. The van der Waals surface area contributed by atoms with E-state index in [4.69, 9.17) is 16.3 Å². The zero-order valence-corrected chi connectivity index (χ0v) is 19.0. The number of nitrogens with one attached hydrogen (secondary N) is 3. The van der Waals surface area contributed by atoms with E-state index in [2.05, 4.69) is 44.6 Å². The van der Waals surface area contributed by atoms with Crippen LogP contribution in [0.5, 0.6) is 5.75 Å². The van der Waals surface area contributed by atoms with Crippen molar-refractivity contribution < 1.29 is 4.74 Å². The zero-order valence-electron chi connectivity index (χ0n) is 18.2. The summed E-state index contributed by atoms with van der Waals surface area (Å²) in [4.78, 5) is 12.3. The molecule has 3 aromatic heterocycles. The summed E-state index contributed by atoms with van der Waals surface area (Å²) < 4.78 is 5.88. The van der Waals surface area contributed by atoms with Crippen LogP contribution in [0, 0.1) is 0 Å². The first-order valence-corrected chi connectivity index (χ1v) is 11.3. The Morgan fingerprint density at radius 1 is 1.03 bits per heavy atom. The number of pyridine rings is 2. The van der Waals surface area contributed by atoms with Gasteiger partial charge in [-0.1, -0.05) is 36.7 Å². The Morgan fingerprint density at radius 3 is 2.66 bits per heavy atom. The number of hydrogen-bond acceptors (Lipinski definition) is 5. The third-order valence-electron chi connectivity index (χ3n) is 5.21. The van der Waals surface area contributed by atoms with Crippen LogP contribution in [0.4, 0.5) is 5.82 Å². The van der Waals surface area contributed by atoms with Gasteiger partial charge in [0.05, 0.1) is 12.8 Å². The van der Waals surface area contributed by atoms with E-state index in [-0.39, 0.29) is 0 Å². The number of benzene rings is 1. The molecule has 1 aromatic carbocycles. The molecular formula is C25H28ClN5O. The highest BCUT2D eigenvalue weighted by Gasteiger charge is 2.08. The number of halogens is 1. The van der Waals surface area contributed by atoms with E-state index in [1.165, 1.54) is 5.56 Å². The van der Waals surface area contributed by atoms with Crippen LogP contribution in [0.2, 0.25) is 5.02 Å². The van der Waals surface area contributed by atoms with Crippen LogP contribution in [-0.4, -0.2) is 34.6 Å². The van der Waals surface area contributed by atoms with Crippen molar-refractivity contribution in [2.45, 2.75) is 26.3 Å². The van der Waals surface area contributed by atoms with Gasteiger partial charge < -0.3 is 20.4 Å². The molecule has 0 aliphatic carbocycles. The summed E-state index contributed by atoms with van der Waals surface area (Å²) >= 11 is 5.94. The lowest BCUT2D eigenvalue weighted by molar-refractivity contribution is 0.308. The van der Waals surface area contributed by atoms with Gasteiger partial charge in [-0.2, -0.15) is 0 Å². The lowest BCUT2D eigenvalue weighted by Crippen LogP contribution is -2.16. The molecule has 3 heterocycles. The smallest absolute Gasteiger partial charge is 0.138 e. The van der Waals surface area contributed by atoms with Gasteiger partial charge in [0, 0.05) is 35.8 Å². The Labute approximate surface area is 193 Å². The maximum atomic E-state index is 5.94. The van der Waals surface area contributed by atoms with Crippen molar-refractivity contribution in [3.63, 3.8) is 0 Å². The highest BCUT2D eigenvalue weighted by atomic mass is 35.5. The van der Waals surface area contributed by atoms with E-state index in [1.54, 1.807) is 6.20 Å². The number of aromatic nitrogens is 3. The van der Waals surface area contributed by atoms with Crippen molar-refractivity contribution >= 4 is 28.5 Å². The Morgan fingerprint density at radius 2 is 1.88 bits per heavy atom. The molecule has 0 saturated carbocycles. The molecule has 0 spiro atoms. The molecule has 0 fully saturated rings. The summed E-state index contributed by atoms with van der Waals surface area (Å²) in [5.74, 6) is 1.65. The van der Waals surface area contributed by atoms with E-state index in [9.17, 15) is 0 Å². The second kappa shape index (κ2) is 11.0. The second-order valence-corrected chi connectivity index (χ2v) is 8.08. The maximum absolute atomic E-state index is 5.94. The van der Waals surface area contributed by atoms with E-state index in [1.807, 2.05) is 42.7 Å². The normalized spacial score (nSPS) is 11.1. The minimum Gasteiger partial charge on any atom is -0.492 e. The van der Waals surface area contributed by atoms with Gasteiger partial charge >= 0.3 is 0 Å². The van der Waals surface area contributed by atoms with Crippen LogP contribution in [0.15, 0.2) is 61.1 Å². The number of rotatable bonds is 11. The molecule has 0 bridgehead atoms. The first-order valence-electron chi connectivity index (χ1n) is 10.9. The number of aromatic amines is 1. The average Bonchev–Trinajstić information content (AvgIpc) is 3.21. The van der Waals surface area contributed by atoms with Crippen LogP contribution in [0.1, 0.15) is 30.0 Å². The molecule has 166 valence electrons. The van der Waals surface area contributed by atoms with Gasteiger partial charge in [-0.05, 0) is 60.5 Å². The van der Waals surface area contributed by atoms with Gasteiger partial charge in [-0.25, -0.2) is 9.97 Å². The molecule has 4 aromatic rings. The standard InChI is InChI=1S/C25H28ClN5O/c1-2-27-10-3-11-32-22-13-23-20(16-30-25(23)31-17-22)12-19-6-9-24(29-15-19)28-14-18-4-7-21(26)8-5-18/h4-9,13,15-17,27H,2-3,10-12,14H2,1H3,(H,28,29)(H,30,31). The molecule has 4 rings (SSSR count). The summed E-state index contributed by atoms with van der Waals surface area (Å²) in [6, 6.07) is 14.0. The Kier molecular flexibility index (Phi) is 7.59. The Balaban J connectivity index is 1.36. The number of anilines is 1. The minimum absolute atomic E-state index is 0.675. The van der Waals surface area contributed by atoms with Crippen molar-refractivity contribution in [2.75, 3.05) is 25.0 Å². The van der Waals surface area contributed by atoms with Gasteiger partial charge in [-0.3, -0.25) is 0 Å². The third kappa shape index (κ3) is 5.99. The fraction of sp³-hybridized carbons (Fsp3) is 0.280. The summed E-state index contributed by atoms with van der Waals surface area (Å²) in [7, 11) is 0. The van der Waals surface area contributed by atoms with Crippen molar-refractivity contribution in [1.29, 1.82) is 0 Å². The van der Waals surface area contributed by atoms with E-state index in [0.29, 0.717) is 13.2 Å². The summed E-state index contributed by atoms with van der Waals surface area (Å²) in [5, 5.41) is 8.47. The maximum Gasteiger partial charge on any atom is 0.138 e. The average molecular weight is 450 g/mol. The monoisotopic (exact) mass is 449 g/mol. The molecule has 0 aliphatic heterocycles. The van der Waals surface area contributed by atoms with Crippen molar-refractivity contribution in [3.8, 4) is 5.75 Å². The third-order valence-corrected chi connectivity index (χ3v) is 5.47. The van der Waals surface area contributed by atoms with E-state index < -0.39 is 0 Å². The molecule has 0 radical (unpaired) electrons. The minimum atomic E-state index is 0.675. The van der Waals surface area contributed by atoms with Crippen LogP contribution in [0.3, 0.4) is 0 Å². The number of H-pyrrole nitrogens is 1. The Hall–Kier alpha value is -3.09. The highest BCUT2D eigenvalue weighted by Crippen LogP contribution is 2.24. The van der Waals surface area contributed by atoms with Gasteiger partial charge in [0.15, 0.2) is 0 Å². The molecule has 0 atom stereocenters. The first kappa shape index (κ1) is 22.1. The van der Waals surface area contributed by atoms with Gasteiger partial charge in [-0.15, -0.1) is 0 Å². The second-order valence-electron chi connectivity index (χ2n) is 7.65. The predicted octanol–water partition coefficient (Wildman–Crippen LogP) is 5.19. The molecule has 0 amide bonds. The molecule has 0 aliphatic rings. The van der Waals surface area contributed by atoms with Crippen molar-refractivity contribution in [1.82, 2.24) is 20.3 Å². The van der Waals surface area contributed by atoms with Gasteiger partial charge in [0.25, 0.3) is 0 Å². The number of fused-ring (bicyclic) bond motifs is 1. The SMILES string of the molecule is CCNCCCOc1cnc2[nH]cc(Cc3ccc(NCc4ccc(Cl)cc4)nc3)c2c1. The molecule has 6 nitrogen and oxygen atoms in total. The van der Waals surface area contributed by atoms with Crippen molar-refractivity contribution in [3.05, 3.63) is 82.8 Å². The largest absolute Gasteiger partial charge is 0.492 e. The molecule has 0 unspecified atom stereocenters. The van der Waals surface area contributed by atoms with E-state index >= 15 is 0 Å². The fourth-order valence-corrected chi connectivity index (χ4v) is 3.60. The predicted molar refractivity (Wildman–Crippen MR) is 131 cm³/mol. The highest BCUT2D eigenvalue weighted by molar-refractivity contribution is 6.30. The van der Waals surface area contributed by atoms with Crippen LogP contribution in [-0.2, 0) is 13.0 Å². The van der Waals surface area contributed by atoms with E-state index in [0.717, 1.165) is 64.7 Å². The molecule has 3 N–H and O–H groups in total. The molecular weight excluding hydrogens is 422 g/mol. The summed E-state index contributed by atoms with van der Waals surface area (Å²) in [6.45, 7) is 5.42. The van der Waals surface area contributed by atoms with Gasteiger partial charge in [0.1, 0.15) is 17.2 Å². The van der Waals surface area contributed by atoms with Crippen LogP contribution >= 0.6 is 11.6 Å². The zero-order chi connectivity index (χ0) is 22.2. The van der Waals surface area contributed by atoms with Crippen LogP contribution < -0.4 is 15.4 Å². The summed E-state index contributed by atoms with van der Waals surface area (Å²) in [5.41, 5.74) is 4.34. The first-order chi connectivity index (χ1) is 15.7. The Bertz CT molecular complexity index is 1130. The van der Waals surface area contributed by atoms with Gasteiger partial charge in [0.2, 0.25) is 0 Å². The molecule has 7 heteroatoms. The lowest BCUT2D eigenvalue weighted by atomic mass is 10.1. The fourth-order valence-electron chi connectivity index (χ4n) is 3.48. The van der Waals surface area contributed by atoms with Crippen LogP contribution in [0.25, 0.3) is 11.0 Å².